The molecule has 0 fully saturated rings. The molecule has 0 amide bonds. The second-order valence-corrected chi connectivity index (χ2v) is 3.52. The molecule has 2 nitrogen and oxygen atoms in total. The summed E-state index contributed by atoms with van der Waals surface area (Å²) in [6.07, 6.45) is 0.897. The third-order valence-corrected chi connectivity index (χ3v) is 2.24. The highest BCUT2D eigenvalue weighted by Gasteiger charge is 2.08. The van der Waals surface area contributed by atoms with Crippen LogP contribution in [0.25, 0.3) is 0 Å². The Labute approximate surface area is 91.8 Å². The quantitative estimate of drug-likeness (QED) is 0.749. The Balaban J connectivity index is 2.92. The van der Waals surface area contributed by atoms with Crippen LogP contribution in [0.15, 0.2) is 6.07 Å². The van der Waals surface area contributed by atoms with Gasteiger partial charge in [-0.05, 0) is 6.42 Å². The summed E-state index contributed by atoms with van der Waals surface area (Å²) in [4.78, 5) is 3.76. The largest absolute Gasteiger partial charge is 0.492 e. The van der Waals surface area contributed by atoms with Gasteiger partial charge in [-0.3, -0.25) is 0 Å². The van der Waals surface area contributed by atoms with Crippen LogP contribution in [0.2, 0.25) is 15.3 Å². The minimum absolute atomic E-state index is 0.167. The topological polar surface area (TPSA) is 22.1 Å². The Kier molecular flexibility index (Phi) is 4.10. The van der Waals surface area contributed by atoms with Gasteiger partial charge in [0.05, 0.1) is 6.61 Å². The highest BCUT2D eigenvalue weighted by molar-refractivity contribution is 6.42. The molecule has 13 heavy (non-hydrogen) atoms. The Morgan fingerprint density at radius 3 is 2.69 bits per heavy atom. The van der Waals surface area contributed by atoms with Crippen molar-refractivity contribution in [3.63, 3.8) is 0 Å². The smallest absolute Gasteiger partial charge is 0.153 e. The summed E-state index contributed by atoms with van der Waals surface area (Å²) in [6, 6.07) is 1.55. The molecule has 0 aromatic carbocycles. The van der Waals surface area contributed by atoms with Gasteiger partial charge >= 0.3 is 0 Å². The minimum Gasteiger partial charge on any atom is -0.492 e. The van der Waals surface area contributed by atoms with Crippen LogP contribution in [0.3, 0.4) is 0 Å². The molecule has 0 saturated heterocycles. The van der Waals surface area contributed by atoms with Crippen LogP contribution < -0.4 is 4.74 Å². The normalized spacial score (nSPS) is 10.2. The first-order chi connectivity index (χ1) is 6.15. The van der Waals surface area contributed by atoms with Crippen molar-refractivity contribution in [1.82, 2.24) is 4.98 Å². The Morgan fingerprint density at radius 2 is 2.08 bits per heavy atom. The van der Waals surface area contributed by atoms with E-state index < -0.39 is 0 Å². The molecule has 1 aromatic heterocycles. The standard InChI is InChI=1S/C8H8Cl3NO/c1-2-3-13-5-4-6(9)12-8(11)7(5)10/h4H,2-3H2,1H3. The molecule has 0 aliphatic carbocycles. The fraction of sp³-hybridized carbons (Fsp3) is 0.375. The van der Waals surface area contributed by atoms with Crippen molar-refractivity contribution in [3.05, 3.63) is 21.4 Å². The summed E-state index contributed by atoms with van der Waals surface area (Å²) < 4.78 is 5.31. The van der Waals surface area contributed by atoms with Gasteiger partial charge in [-0.15, -0.1) is 0 Å². The summed E-state index contributed by atoms with van der Waals surface area (Å²) >= 11 is 17.2. The third kappa shape index (κ3) is 2.90. The lowest BCUT2D eigenvalue weighted by Crippen LogP contribution is -1.96. The first-order valence-corrected chi connectivity index (χ1v) is 4.93. The van der Waals surface area contributed by atoms with Crippen LogP contribution in [-0.2, 0) is 0 Å². The van der Waals surface area contributed by atoms with Gasteiger partial charge in [-0.1, -0.05) is 41.7 Å². The molecule has 0 saturated carbocycles. The molecule has 0 unspecified atom stereocenters. The molecule has 0 atom stereocenters. The molecular weight excluding hydrogens is 232 g/mol. The Hall–Kier alpha value is -0.180. The third-order valence-electron chi connectivity index (χ3n) is 1.31. The molecule has 5 heteroatoms. The van der Waals surface area contributed by atoms with Gasteiger partial charge in [-0.2, -0.15) is 0 Å². The van der Waals surface area contributed by atoms with Crippen LogP contribution in [0, 0.1) is 0 Å². The maximum atomic E-state index is 5.82. The van der Waals surface area contributed by atoms with Crippen LogP contribution in [0.4, 0.5) is 0 Å². The molecule has 1 aromatic rings. The number of pyridine rings is 1. The number of rotatable bonds is 3. The van der Waals surface area contributed by atoms with E-state index in [0.29, 0.717) is 17.4 Å². The van der Waals surface area contributed by atoms with E-state index in [1.54, 1.807) is 6.07 Å². The van der Waals surface area contributed by atoms with Crippen LogP contribution in [0.5, 0.6) is 5.75 Å². The van der Waals surface area contributed by atoms with Gasteiger partial charge in [-0.25, -0.2) is 4.98 Å². The average molecular weight is 241 g/mol. The van der Waals surface area contributed by atoms with Gasteiger partial charge in [0.2, 0.25) is 0 Å². The summed E-state index contributed by atoms with van der Waals surface area (Å²) in [5, 5.41) is 0.750. The molecule has 0 N–H and O–H groups in total. The maximum absolute atomic E-state index is 5.82. The SMILES string of the molecule is CCCOc1cc(Cl)nc(Cl)c1Cl. The molecule has 0 aliphatic rings. The number of hydrogen-bond donors (Lipinski definition) is 0. The van der Waals surface area contributed by atoms with E-state index in [2.05, 4.69) is 4.98 Å². The number of hydrogen-bond acceptors (Lipinski definition) is 2. The summed E-state index contributed by atoms with van der Waals surface area (Å²) in [5.41, 5.74) is 0. The molecule has 1 rings (SSSR count). The zero-order valence-electron chi connectivity index (χ0n) is 6.98. The Bertz CT molecular complexity index is 304. The van der Waals surface area contributed by atoms with E-state index in [-0.39, 0.29) is 10.3 Å². The predicted octanol–water partition coefficient (Wildman–Crippen LogP) is 3.83. The van der Waals surface area contributed by atoms with Crippen molar-refractivity contribution >= 4 is 34.8 Å². The number of aromatic nitrogens is 1. The van der Waals surface area contributed by atoms with E-state index in [9.17, 15) is 0 Å². The number of ether oxygens (including phenoxy) is 1. The highest BCUT2D eigenvalue weighted by Crippen LogP contribution is 2.32. The molecular formula is C8H8Cl3NO. The van der Waals surface area contributed by atoms with E-state index in [1.165, 1.54) is 0 Å². The highest BCUT2D eigenvalue weighted by atomic mass is 35.5. The van der Waals surface area contributed by atoms with Crippen molar-refractivity contribution < 1.29 is 4.74 Å². The van der Waals surface area contributed by atoms with Gasteiger partial charge in [0, 0.05) is 6.07 Å². The summed E-state index contributed by atoms with van der Waals surface area (Å²) in [7, 11) is 0. The molecule has 0 aliphatic heterocycles. The van der Waals surface area contributed by atoms with E-state index in [4.69, 9.17) is 39.5 Å². The average Bonchev–Trinajstić information content (AvgIpc) is 2.09. The Morgan fingerprint density at radius 1 is 1.38 bits per heavy atom. The van der Waals surface area contributed by atoms with Crippen molar-refractivity contribution in [3.8, 4) is 5.75 Å². The van der Waals surface area contributed by atoms with Gasteiger partial charge in [0.1, 0.15) is 15.9 Å². The summed E-state index contributed by atoms with van der Waals surface area (Å²) in [5.74, 6) is 0.480. The second-order valence-electron chi connectivity index (χ2n) is 2.40. The van der Waals surface area contributed by atoms with Crippen molar-refractivity contribution in [2.75, 3.05) is 6.61 Å². The molecule has 0 spiro atoms. The first-order valence-electron chi connectivity index (χ1n) is 3.79. The minimum atomic E-state index is 0.167. The lowest BCUT2D eigenvalue weighted by atomic mass is 10.4. The van der Waals surface area contributed by atoms with Gasteiger partial charge < -0.3 is 4.74 Å². The summed E-state index contributed by atoms with van der Waals surface area (Å²) in [6.45, 7) is 2.58. The van der Waals surface area contributed by atoms with Crippen molar-refractivity contribution in [1.29, 1.82) is 0 Å². The fourth-order valence-corrected chi connectivity index (χ4v) is 1.33. The molecule has 1 heterocycles. The van der Waals surface area contributed by atoms with Gasteiger partial charge in [0.25, 0.3) is 0 Å². The molecule has 0 bridgehead atoms. The van der Waals surface area contributed by atoms with Gasteiger partial charge in [0.15, 0.2) is 5.15 Å². The van der Waals surface area contributed by atoms with Crippen molar-refractivity contribution in [2.24, 2.45) is 0 Å². The predicted molar refractivity (Wildman–Crippen MR) is 55.1 cm³/mol. The molecule has 72 valence electrons. The number of halogens is 3. The van der Waals surface area contributed by atoms with E-state index in [1.807, 2.05) is 6.92 Å². The number of nitrogens with zero attached hydrogens (tertiary/aromatic N) is 1. The van der Waals surface area contributed by atoms with Crippen LogP contribution >= 0.6 is 34.8 Å². The monoisotopic (exact) mass is 239 g/mol. The lowest BCUT2D eigenvalue weighted by Gasteiger charge is -2.07. The zero-order chi connectivity index (χ0) is 9.84. The lowest BCUT2D eigenvalue weighted by molar-refractivity contribution is 0.317. The van der Waals surface area contributed by atoms with Crippen molar-refractivity contribution in [2.45, 2.75) is 13.3 Å². The second kappa shape index (κ2) is 4.89. The van der Waals surface area contributed by atoms with Crippen LogP contribution in [-0.4, -0.2) is 11.6 Å². The zero-order valence-corrected chi connectivity index (χ0v) is 9.25. The first kappa shape index (κ1) is 10.9. The van der Waals surface area contributed by atoms with E-state index in [0.717, 1.165) is 6.42 Å². The fourth-order valence-electron chi connectivity index (χ4n) is 0.765. The maximum Gasteiger partial charge on any atom is 0.153 e. The van der Waals surface area contributed by atoms with E-state index >= 15 is 0 Å². The van der Waals surface area contributed by atoms with Crippen LogP contribution in [0.1, 0.15) is 13.3 Å². The molecule has 0 radical (unpaired) electrons.